The normalized spacial score (nSPS) is 9.94. The molecule has 2 aromatic heterocycles. The molecule has 0 bridgehead atoms. The minimum absolute atomic E-state index is 1.23. The van der Waals surface area contributed by atoms with Crippen molar-refractivity contribution in [3.63, 3.8) is 0 Å². The van der Waals surface area contributed by atoms with Crippen LogP contribution in [0.4, 0.5) is 0 Å². The molecule has 2 heteroatoms. The molecule has 0 N–H and O–H groups in total. The van der Waals surface area contributed by atoms with Crippen LogP contribution in [0.15, 0.2) is 48.1 Å². The lowest BCUT2D eigenvalue weighted by molar-refractivity contribution is 1.29. The summed E-state index contributed by atoms with van der Waals surface area (Å²) in [5.74, 6) is 0. The summed E-state index contributed by atoms with van der Waals surface area (Å²) in [6.07, 6.45) is 3.79. The SMILES string of the molecule is CC.Cc1ccncc1-c1cccc2ccsc12. The highest BCUT2D eigenvalue weighted by molar-refractivity contribution is 7.17. The van der Waals surface area contributed by atoms with Crippen LogP contribution in [-0.4, -0.2) is 4.98 Å². The van der Waals surface area contributed by atoms with Crippen LogP contribution in [0, 0.1) is 6.92 Å². The molecular weight excluding hydrogens is 238 g/mol. The van der Waals surface area contributed by atoms with E-state index in [1.165, 1.54) is 26.8 Å². The first-order valence-corrected chi connectivity index (χ1v) is 7.11. The first-order valence-electron chi connectivity index (χ1n) is 6.23. The van der Waals surface area contributed by atoms with Gasteiger partial charge in [-0.3, -0.25) is 4.98 Å². The standard InChI is InChI=1S/C14H11NS.C2H6/c1-10-5-7-15-9-13(10)12-4-2-3-11-6-8-16-14(11)12;1-2/h2-9H,1H3;1-2H3. The van der Waals surface area contributed by atoms with Crippen LogP contribution in [0.25, 0.3) is 21.2 Å². The van der Waals surface area contributed by atoms with Gasteiger partial charge in [0, 0.05) is 28.2 Å². The van der Waals surface area contributed by atoms with E-state index in [0.717, 1.165) is 0 Å². The van der Waals surface area contributed by atoms with E-state index >= 15 is 0 Å². The molecule has 1 nitrogen and oxygen atoms in total. The third kappa shape index (κ3) is 2.29. The third-order valence-electron chi connectivity index (χ3n) is 2.81. The van der Waals surface area contributed by atoms with E-state index in [-0.39, 0.29) is 0 Å². The quantitative estimate of drug-likeness (QED) is 0.575. The van der Waals surface area contributed by atoms with E-state index in [0.29, 0.717) is 0 Å². The summed E-state index contributed by atoms with van der Waals surface area (Å²) < 4.78 is 1.35. The second-order valence-corrected chi connectivity index (χ2v) is 4.75. The van der Waals surface area contributed by atoms with Crippen LogP contribution in [0.2, 0.25) is 0 Å². The lowest BCUT2D eigenvalue weighted by Gasteiger charge is -2.06. The van der Waals surface area contributed by atoms with Crippen molar-refractivity contribution in [3.05, 3.63) is 53.7 Å². The molecule has 18 heavy (non-hydrogen) atoms. The summed E-state index contributed by atoms with van der Waals surface area (Å²) in [6.45, 7) is 6.13. The van der Waals surface area contributed by atoms with Crippen LogP contribution < -0.4 is 0 Å². The van der Waals surface area contributed by atoms with Gasteiger partial charge in [-0.1, -0.05) is 32.0 Å². The van der Waals surface area contributed by atoms with Crippen molar-refractivity contribution in [2.75, 3.05) is 0 Å². The zero-order valence-corrected chi connectivity index (χ0v) is 11.8. The van der Waals surface area contributed by atoms with Gasteiger partial charge in [0.05, 0.1) is 0 Å². The molecular formula is C16H17NS. The fourth-order valence-electron chi connectivity index (χ4n) is 1.95. The highest BCUT2D eigenvalue weighted by Gasteiger charge is 2.06. The average molecular weight is 255 g/mol. The van der Waals surface area contributed by atoms with Gasteiger partial charge in [0.15, 0.2) is 0 Å². The zero-order chi connectivity index (χ0) is 13.0. The van der Waals surface area contributed by atoms with Crippen molar-refractivity contribution in [1.29, 1.82) is 0 Å². The third-order valence-corrected chi connectivity index (χ3v) is 3.77. The molecule has 0 radical (unpaired) electrons. The monoisotopic (exact) mass is 255 g/mol. The Morgan fingerprint density at radius 2 is 1.83 bits per heavy atom. The predicted octanol–water partition coefficient (Wildman–Crippen LogP) is 5.30. The molecule has 3 rings (SSSR count). The van der Waals surface area contributed by atoms with E-state index in [1.54, 1.807) is 11.3 Å². The van der Waals surface area contributed by atoms with E-state index in [1.807, 2.05) is 26.2 Å². The van der Waals surface area contributed by atoms with E-state index < -0.39 is 0 Å². The molecule has 0 saturated carbocycles. The first kappa shape index (κ1) is 12.8. The molecule has 1 aromatic carbocycles. The summed E-state index contributed by atoms with van der Waals surface area (Å²) in [5.41, 5.74) is 3.80. The Balaban J connectivity index is 0.000000574. The van der Waals surface area contributed by atoms with Gasteiger partial charge in [-0.2, -0.15) is 0 Å². The molecule has 0 fully saturated rings. The van der Waals surface area contributed by atoms with Crippen molar-refractivity contribution in [2.24, 2.45) is 0 Å². The number of thiophene rings is 1. The van der Waals surface area contributed by atoms with Crippen LogP contribution in [0.5, 0.6) is 0 Å². The topological polar surface area (TPSA) is 12.9 Å². The Labute approximate surface area is 112 Å². The maximum absolute atomic E-state index is 4.22. The van der Waals surface area contributed by atoms with Gasteiger partial charge in [0.1, 0.15) is 0 Å². The van der Waals surface area contributed by atoms with Crippen molar-refractivity contribution in [2.45, 2.75) is 20.8 Å². The summed E-state index contributed by atoms with van der Waals surface area (Å²) in [6, 6.07) is 10.7. The van der Waals surface area contributed by atoms with Gasteiger partial charge in [0.25, 0.3) is 0 Å². The molecule has 0 unspecified atom stereocenters. The highest BCUT2D eigenvalue weighted by Crippen LogP contribution is 2.33. The molecule has 0 aliphatic heterocycles. The van der Waals surface area contributed by atoms with Gasteiger partial charge >= 0.3 is 0 Å². The van der Waals surface area contributed by atoms with E-state index in [9.17, 15) is 0 Å². The van der Waals surface area contributed by atoms with E-state index in [2.05, 4.69) is 47.6 Å². The molecule has 0 amide bonds. The number of rotatable bonds is 1. The number of hydrogen-bond donors (Lipinski definition) is 0. The predicted molar refractivity (Wildman–Crippen MR) is 81.1 cm³/mol. The van der Waals surface area contributed by atoms with E-state index in [4.69, 9.17) is 0 Å². The van der Waals surface area contributed by atoms with Crippen LogP contribution >= 0.6 is 11.3 Å². The smallest absolute Gasteiger partial charge is 0.0421 e. The molecule has 0 atom stereocenters. The van der Waals surface area contributed by atoms with Gasteiger partial charge < -0.3 is 0 Å². The minimum atomic E-state index is 1.23. The van der Waals surface area contributed by atoms with Crippen molar-refractivity contribution < 1.29 is 0 Å². The van der Waals surface area contributed by atoms with Crippen LogP contribution in [0.1, 0.15) is 19.4 Å². The second-order valence-electron chi connectivity index (χ2n) is 3.84. The molecule has 0 aliphatic carbocycles. The Kier molecular flexibility index (Phi) is 4.11. The van der Waals surface area contributed by atoms with Crippen LogP contribution in [0.3, 0.4) is 0 Å². The maximum atomic E-state index is 4.22. The maximum Gasteiger partial charge on any atom is 0.0421 e. The van der Waals surface area contributed by atoms with Gasteiger partial charge in [-0.25, -0.2) is 0 Å². The number of nitrogens with zero attached hydrogens (tertiary/aromatic N) is 1. The van der Waals surface area contributed by atoms with Crippen LogP contribution in [-0.2, 0) is 0 Å². The van der Waals surface area contributed by atoms with Crippen molar-refractivity contribution >= 4 is 21.4 Å². The fraction of sp³-hybridized carbons (Fsp3) is 0.188. The molecule has 92 valence electrons. The zero-order valence-electron chi connectivity index (χ0n) is 11.0. The van der Waals surface area contributed by atoms with Gasteiger partial charge in [-0.05, 0) is 35.4 Å². The number of hydrogen-bond acceptors (Lipinski definition) is 2. The summed E-state index contributed by atoms with van der Waals surface area (Å²) in [7, 11) is 0. The average Bonchev–Trinajstić information content (AvgIpc) is 2.90. The minimum Gasteiger partial charge on any atom is -0.264 e. The first-order chi connectivity index (χ1) is 8.86. The highest BCUT2D eigenvalue weighted by atomic mass is 32.1. The van der Waals surface area contributed by atoms with Gasteiger partial charge in [0.2, 0.25) is 0 Å². The molecule has 0 aliphatic rings. The number of pyridine rings is 1. The lowest BCUT2D eigenvalue weighted by Crippen LogP contribution is -1.84. The fourth-order valence-corrected chi connectivity index (χ4v) is 2.88. The summed E-state index contributed by atoms with van der Waals surface area (Å²) >= 11 is 1.79. The number of aryl methyl sites for hydroxylation is 1. The Hall–Kier alpha value is -1.67. The number of fused-ring (bicyclic) bond motifs is 1. The van der Waals surface area contributed by atoms with Crippen molar-refractivity contribution in [1.82, 2.24) is 4.98 Å². The summed E-state index contributed by atoms with van der Waals surface area (Å²) in [4.78, 5) is 4.22. The Bertz CT molecular complexity index is 640. The molecule has 2 heterocycles. The number of aromatic nitrogens is 1. The Morgan fingerprint density at radius 3 is 2.61 bits per heavy atom. The molecule has 3 aromatic rings. The molecule has 0 spiro atoms. The summed E-state index contributed by atoms with van der Waals surface area (Å²) in [5, 5.41) is 3.45. The second kappa shape index (κ2) is 5.78. The van der Waals surface area contributed by atoms with Crippen molar-refractivity contribution in [3.8, 4) is 11.1 Å². The Morgan fingerprint density at radius 1 is 1.00 bits per heavy atom. The van der Waals surface area contributed by atoms with Gasteiger partial charge in [-0.15, -0.1) is 11.3 Å². The molecule has 0 saturated heterocycles. The lowest BCUT2D eigenvalue weighted by atomic mass is 10.0. The number of benzene rings is 1. The largest absolute Gasteiger partial charge is 0.264 e.